The highest BCUT2D eigenvalue weighted by Crippen LogP contribution is 2.24. The van der Waals surface area contributed by atoms with Gasteiger partial charge in [0.25, 0.3) is 0 Å². The minimum atomic E-state index is 0.0758. The average Bonchev–Trinajstić information content (AvgIpc) is 2.21. The third-order valence-electron chi connectivity index (χ3n) is 2.31. The zero-order valence-corrected chi connectivity index (χ0v) is 9.65. The Labute approximate surface area is 90.4 Å². The van der Waals surface area contributed by atoms with Crippen LogP contribution in [0.25, 0.3) is 0 Å². The van der Waals surface area contributed by atoms with Crippen LogP contribution in [-0.4, -0.2) is 18.2 Å². The van der Waals surface area contributed by atoms with E-state index in [1.165, 1.54) is 0 Å². The number of aromatic nitrogens is 1. The van der Waals surface area contributed by atoms with Crippen LogP contribution < -0.4 is 15.2 Å². The normalized spacial score (nSPS) is 12.6. The fraction of sp³-hybridized carbons (Fsp3) is 0.545. The van der Waals surface area contributed by atoms with Gasteiger partial charge in [-0.2, -0.15) is 4.98 Å². The molecule has 15 heavy (non-hydrogen) atoms. The highest BCUT2D eigenvalue weighted by molar-refractivity contribution is 5.49. The number of hydrogen-bond acceptors (Lipinski definition) is 4. The van der Waals surface area contributed by atoms with E-state index < -0.39 is 0 Å². The predicted molar refractivity (Wildman–Crippen MR) is 60.1 cm³/mol. The van der Waals surface area contributed by atoms with Gasteiger partial charge in [0.1, 0.15) is 0 Å². The largest absolute Gasteiger partial charge is 0.481 e. The zero-order chi connectivity index (χ0) is 11.4. The Balaban J connectivity index is 2.83. The van der Waals surface area contributed by atoms with Crippen LogP contribution in [-0.2, 0) is 0 Å². The molecule has 0 aliphatic heterocycles. The quantitative estimate of drug-likeness (QED) is 0.826. The van der Waals surface area contributed by atoms with Crippen LogP contribution in [0.1, 0.15) is 20.8 Å². The summed E-state index contributed by atoms with van der Waals surface area (Å²) in [6.07, 6.45) is 0.0758. The maximum Gasteiger partial charge on any atom is 0.240 e. The predicted octanol–water partition coefficient (Wildman–Crippen LogP) is 2.10. The lowest BCUT2D eigenvalue weighted by atomic mass is 10.1. The van der Waals surface area contributed by atoms with Crippen molar-refractivity contribution >= 4 is 5.69 Å². The summed E-state index contributed by atoms with van der Waals surface area (Å²) in [5, 5.41) is 0. The monoisotopic (exact) mass is 210 g/mol. The van der Waals surface area contributed by atoms with E-state index in [2.05, 4.69) is 18.8 Å². The van der Waals surface area contributed by atoms with E-state index in [1.807, 2.05) is 6.92 Å². The summed E-state index contributed by atoms with van der Waals surface area (Å²) in [7, 11) is 1.56. The van der Waals surface area contributed by atoms with Gasteiger partial charge in [-0.25, -0.2) is 0 Å². The SMILES string of the molecule is COc1ccc(N)c(OC(C)C(C)C)n1. The molecule has 0 spiro atoms. The van der Waals surface area contributed by atoms with Gasteiger partial charge in [-0.15, -0.1) is 0 Å². The molecule has 0 saturated carbocycles. The molecule has 2 N–H and O–H groups in total. The fourth-order valence-electron chi connectivity index (χ4n) is 0.954. The summed E-state index contributed by atoms with van der Waals surface area (Å²) < 4.78 is 10.6. The van der Waals surface area contributed by atoms with Gasteiger partial charge in [-0.1, -0.05) is 13.8 Å². The van der Waals surface area contributed by atoms with Crippen molar-refractivity contribution in [1.82, 2.24) is 4.98 Å². The molecule has 1 atom stereocenters. The Morgan fingerprint density at radius 1 is 1.27 bits per heavy atom. The topological polar surface area (TPSA) is 57.4 Å². The first-order valence-corrected chi connectivity index (χ1v) is 5.01. The first kappa shape index (κ1) is 11.6. The smallest absolute Gasteiger partial charge is 0.240 e. The molecule has 1 aromatic heterocycles. The summed E-state index contributed by atoms with van der Waals surface area (Å²) in [5.74, 6) is 1.36. The maximum atomic E-state index is 5.75. The van der Waals surface area contributed by atoms with Crippen molar-refractivity contribution in [1.29, 1.82) is 0 Å². The Morgan fingerprint density at radius 2 is 1.93 bits per heavy atom. The van der Waals surface area contributed by atoms with Crippen molar-refractivity contribution in [2.24, 2.45) is 5.92 Å². The van der Waals surface area contributed by atoms with E-state index in [0.717, 1.165) is 0 Å². The molecule has 1 aromatic rings. The standard InChI is InChI=1S/C11H18N2O2/c1-7(2)8(3)15-11-9(12)5-6-10(13-11)14-4/h5-8H,12H2,1-4H3. The second-order valence-electron chi connectivity index (χ2n) is 3.81. The van der Waals surface area contributed by atoms with Crippen molar-refractivity contribution in [3.63, 3.8) is 0 Å². The van der Waals surface area contributed by atoms with Crippen molar-refractivity contribution in [3.05, 3.63) is 12.1 Å². The van der Waals surface area contributed by atoms with E-state index in [4.69, 9.17) is 15.2 Å². The summed E-state index contributed by atoms with van der Waals surface area (Å²) in [5.41, 5.74) is 6.28. The highest BCUT2D eigenvalue weighted by atomic mass is 16.5. The first-order valence-electron chi connectivity index (χ1n) is 5.01. The number of hydrogen-bond donors (Lipinski definition) is 1. The molecule has 0 aliphatic carbocycles. The number of ether oxygens (including phenoxy) is 2. The molecule has 0 aromatic carbocycles. The van der Waals surface area contributed by atoms with Crippen molar-refractivity contribution < 1.29 is 9.47 Å². The summed E-state index contributed by atoms with van der Waals surface area (Å²) in [6.45, 7) is 6.16. The molecule has 0 radical (unpaired) electrons. The minimum absolute atomic E-state index is 0.0758. The van der Waals surface area contributed by atoms with Crippen LogP contribution in [0, 0.1) is 5.92 Å². The van der Waals surface area contributed by atoms with Gasteiger partial charge >= 0.3 is 0 Å². The number of anilines is 1. The van der Waals surface area contributed by atoms with Crippen LogP contribution in [0.15, 0.2) is 12.1 Å². The fourth-order valence-corrected chi connectivity index (χ4v) is 0.954. The number of pyridine rings is 1. The van der Waals surface area contributed by atoms with E-state index in [-0.39, 0.29) is 6.10 Å². The average molecular weight is 210 g/mol. The molecule has 0 bridgehead atoms. The molecule has 4 nitrogen and oxygen atoms in total. The number of nitrogens with zero attached hydrogens (tertiary/aromatic N) is 1. The molecular formula is C11H18N2O2. The van der Waals surface area contributed by atoms with E-state index in [9.17, 15) is 0 Å². The van der Waals surface area contributed by atoms with Crippen molar-refractivity contribution in [3.8, 4) is 11.8 Å². The highest BCUT2D eigenvalue weighted by Gasteiger charge is 2.12. The van der Waals surface area contributed by atoms with Crippen LogP contribution in [0.3, 0.4) is 0 Å². The van der Waals surface area contributed by atoms with Gasteiger partial charge in [0.15, 0.2) is 0 Å². The number of rotatable bonds is 4. The molecular weight excluding hydrogens is 192 g/mol. The van der Waals surface area contributed by atoms with Gasteiger partial charge in [0, 0.05) is 6.07 Å². The van der Waals surface area contributed by atoms with Gasteiger partial charge < -0.3 is 15.2 Å². The van der Waals surface area contributed by atoms with E-state index >= 15 is 0 Å². The summed E-state index contributed by atoms with van der Waals surface area (Å²) in [6, 6.07) is 3.44. The number of nitrogen functional groups attached to an aromatic ring is 1. The lowest BCUT2D eigenvalue weighted by Gasteiger charge is -2.18. The van der Waals surface area contributed by atoms with Gasteiger partial charge in [0.2, 0.25) is 11.8 Å². The molecule has 4 heteroatoms. The summed E-state index contributed by atoms with van der Waals surface area (Å²) in [4.78, 5) is 4.14. The van der Waals surface area contributed by atoms with Crippen LogP contribution in [0.5, 0.6) is 11.8 Å². The Kier molecular flexibility index (Phi) is 3.77. The third-order valence-corrected chi connectivity index (χ3v) is 2.31. The minimum Gasteiger partial charge on any atom is -0.481 e. The second-order valence-corrected chi connectivity index (χ2v) is 3.81. The molecule has 1 rings (SSSR count). The zero-order valence-electron chi connectivity index (χ0n) is 9.65. The molecule has 0 amide bonds. The van der Waals surface area contributed by atoms with Crippen LogP contribution in [0.2, 0.25) is 0 Å². The van der Waals surface area contributed by atoms with Crippen LogP contribution in [0.4, 0.5) is 5.69 Å². The lowest BCUT2D eigenvalue weighted by molar-refractivity contribution is 0.163. The number of nitrogens with two attached hydrogens (primary N) is 1. The molecule has 1 unspecified atom stereocenters. The second kappa shape index (κ2) is 4.87. The van der Waals surface area contributed by atoms with Gasteiger partial charge in [-0.05, 0) is 18.9 Å². The van der Waals surface area contributed by atoms with Crippen molar-refractivity contribution in [2.45, 2.75) is 26.9 Å². The van der Waals surface area contributed by atoms with Crippen LogP contribution >= 0.6 is 0 Å². The van der Waals surface area contributed by atoms with E-state index in [1.54, 1.807) is 19.2 Å². The molecule has 84 valence electrons. The molecule has 0 fully saturated rings. The first-order chi connectivity index (χ1) is 7.04. The summed E-state index contributed by atoms with van der Waals surface area (Å²) >= 11 is 0. The molecule has 0 aliphatic rings. The maximum absolute atomic E-state index is 5.75. The van der Waals surface area contributed by atoms with E-state index in [0.29, 0.717) is 23.4 Å². The molecule has 1 heterocycles. The number of methoxy groups -OCH3 is 1. The third kappa shape index (κ3) is 3.01. The van der Waals surface area contributed by atoms with Gasteiger partial charge in [0.05, 0.1) is 18.9 Å². The Morgan fingerprint density at radius 3 is 2.47 bits per heavy atom. The van der Waals surface area contributed by atoms with Gasteiger partial charge in [-0.3, -0.25) is 0 Å². The molecule has 0 saturated heterocycles. The van der Waals surface area contributed by atoms with Crippen molar-refractivity contribution in [2.75, 3.05) is 12.8 Å². The Hall–Kier alpha value is -1.45. The lowest BCUT2D eigenvalue weighted by Crippen LogP contribution is -2.20. The Bertz CT molecular complexity index is 326.